The molecule has 2 aliphatic rings. The molecule has 0 aromatic heterocycles. The van der Waals surface area contributed by atoms with E-state index in [0.29, 0.717) is 0 Å². The van der Waals surface area contributed by atoms with Crippen LogP contribution in [0, 0.1) is 11.6 Å². The number of anilines is 2. The Morgan fingerprint density at radius 3 is 2.44 bits per heavy atom. The standard InChI is InChI=1S/C25H31F2N5O2/c1-30-10-12-32(13-11-30)23(18-5-8-22-17(14-18)4-3-9-31(22)2)16-28-24(33)25(34)29-19-6-7-20(26)21(27)15-19/h5-8,14-15,23H,3-4,9-13,16H2,1-2H3,(H,28,33)(H,29,34)/t23-/m1/s1. The van der Waals surface area contributed by atoms with Crippen LogP contribution in [0.25, 0.3) is 0 Å². The lowest BCUT2D eigenvalue weighted by atomic mass is 9.95. The largest absolute Gasteiger partial charge is 0.374 e. The minimum absolute atomic E-state index is 0.0217. The Balaban J connectivity index is 1.47. The monoisotopic (exact) mass is 471 g/mol. The average Bonchev–Trinajstić information content (AvgIpc) is 2.82. The number of piperazine rings is 1. The summed E-state index contributed by atoms with van der Waals surface area (Å²) in [6.07, 6.45) is 2.12. The normalized spacial score (nSPS) is 17.7. The summed E-state index contributed by atoms with van der Waals surface area (Å²) in [6.45, 7) is 4.87. The smallest absolute Gasteiger partial charge is 0.313 e. The van der Waals surface area contributed by atoms with Gasteiger partial charge in [-0.3, -0.25) is 14.5 Å². The van der Waals surface area contributed by atoms with Crippen LogP contribution in [0.5, 0.6) is 0 Å². The molecule has 7 nitrogen and oxygen atoms in total. The van der Waals surface area contributed by atoms with Crippen LogP contribution in [0.15, 0.2) is 36.4 Å². The maximum absolute atomic E-state index is 13.4. The molecule has 9 heteroatoms. The highest BCUT2D eigenvalue weighted by Crippen LogP contribution is 2.31. The lowest BCUT2D eigenvalue weighted by Crippen LogP contribution is -2.49. The first-order chi connectivity index (χ1) is 16.3. The van der Waals surface area contributed by atoms with E-state index in [1.54, 1.807) is 0 Å². The van der Waals surface area contributed by atoms with E-state index in [-0.39, 0.29) is 18.3 Å². The molecule has 2 aliphatic heterocycles. The molecule has 182 valence electrons. The maximum Gasteiger partial charge on any atom is 0.313 e. The van der Waals surface area contributed by atoms with Crippen molar-refractivity contribution >= 4 is 23.2 Å². The zero-order valence-corrected chi connectivity index (χ0v) is 19.6. The molecule has 2 aromatic rings. The second-order valence-corrected chi connectivity index (χ2v) is 9.06. The lowest BCUT2D eigenvalue weighted by molar-refractivity contribution is -0.136. The number of rotatable bonds is 5. The summed E-state index contributed by atoms with van der Waals surface area (Å²) < 4.78 is 26.5. The van der Waals surface area contributed by atoms with Gasteiger partial charge in [0.25, 0.3) is 0 Å². The number of amides is 2. The van der Waals surface area contributed by atoms with Crippen molar-refractivity contribution in [2.45, 2.75) is 18.9 Å². The minimum Gasteiger partial charge on any atom is -0.374 e. The molecule has 2 N–H and O–H groups in total. The third-order valence-corrected chi connectivity index (χ3v) is 6.66. The fourth-order valence-corrected chi connectivity index (χ4v) is 4.64. The zero-order valence-electron chi connectivity index (χ0n) is 19.6. The molecule has 2 heterocycles. The molecule has 2 aromatic carbocycles. The van der Waals surface area contributed by atoms with Gasteiger partial charge in [-0.15, -0.1) is 0 Å². The number of carbonyl (C=O) groups is 2. The predicted octanol–water partition coefficient (Wildman–Crippen LogP) is 2.39. The van der Waals surface area contributed by atoms with Gasteiger partial charge in [-0.1, -0.05) is 12.1 Å². The zero-order chi connectivity index (χ0) is 24.2. The Kier molecular flexibility index (Phi) is 7.43. The van der Waals surface area contributed by atoms with E-state index < -0.39 is 23.4 Å². The second kappa shape index (κ2) is 10.5. The van der Waals surface area contributed by atoms with E-state index in [1.807, 2.05) is 0 Å². The molecular formula is C25H31F2N5O2. The van der Waals surface area contributed by atoms with Crippen molar-refractivity contribution in [2.24, 2.45) is 0 Å². The van der Waals surface area contributed by atoms with Crippen LogP contribution in [0.3, 0.4) is 0 Å². The van der Waals surface area contributed by atoms with E-state index in [4.69, 9.17) is 0 Å². The molecule has 0 radical (unpaired) electrons. The Labute approximate surface area is 198 Å². The van der Waals surface area contributed by atoms with Gasteiger partial charge in [0.1, 0.15) is 0 Å². The summed E-state index contributed by atoms with van der Waals surface area (Å²) in [6, 6.07) is 9.35. The molecule has 0 unspecified atom stereocenters. The fourth-order valence-electron chi connectivity index (χ4n) is 4.64. The lowest BCUT2D eigenvalue weighted by Gasteiger charge is -2.39. The third kappa shape index (κ3) is 5.53. The van der Waals surface area contributed by atoms with Crippen LogP contribution in [-0.2, 0) is 16.0 Å². The van der Waals surface area contributed by atoms with Crippen molar-refractivity contribution in [3.05, 3.63) is 59.2 Å². The Hall–Kier alpha value is -3.04. The fraction of sp³-hybridized carbons (Fsp3) is 0.440. The number of aryl methyl sites for hydroxylation is 1. The molecule has 1 atom stereocenters. The van der Waals surface area contributed by atoms with Crippen LogP contribution in [0.2, 0.25) is 0 Å². The Morgan fingerprint density at radius 1 is 0.941 bits per heavy atom. The predicted molar refractivity (Wildman–Crippen MR) is 128 cm³/mol. The quantitative estimate of drug-likeness (QED) is 0.656. The maximum atomic E-state index is 13.4. The average molecular weight is 472 g/mol. The van der Waals surface area contributed by atoms with Crippen molar-refractivity contribution in [3.63, 3.8) is 0 Å². The SMILES string of the molecule is CN1CCN([C@H](CNC(=O)C(=O)Nc2ccc(F)c(F)c2)c2ccc3c(c2)CCCN3C)CC1. The number of fused-ring (bicyclic) bond motifs is 1. The number of nitrogens with one attached hydrogen (secondary N) is 2. The van der Waals surface area contributed by atoms with E-state index in [2.05, 4.69) is 57.6 Å². The highest BCUT2D eigenvalue weighted by molar-refractivity contribution is 6.39. The van der Waals surface area contributed by atoms with Crippen molar-refractivity contribution in [1.82, 2.24) is 15.1 Å². The summed E-state index contributed by atoms with van der Waals surface area (Å²) in [7, 11) is 4.19. The first-order valence-corrected chi connectivity index (χ1v) is 11.6. The van der Waals surface area contributed by atoms with E-state index in [9.17, 15) is 18.4 Å². The molecule has 0 bridgehead atoms. The van der Waals surface area contributed by atoms with E-state index >= 15 is 0 Å². The number of likely N-dealkylation sites (N-methyl/N-ethyl adjacent to an activating group) is 1. The van der Waals surface area contributed by atoms with Gasteiger partial charge in [-0.2, -0.15) is 0 Å². The van der Waals surface area contributed by atoms with Gasteiger partial charge in [0.15, 0.2) is 11.6 Å². The van der Waals surface area contributed by atoms with Gasteiger partial charge in [0.2, 0.25) is 0 Å². The van der Waals surface area contributed by atoms with Gasteiger partial charge in [-0.25, -0.2) is 8.78 Å². The molecule has 1 fully saturated rings. The van der Waals surface area contributed by atoms with E-state index in [0.717, 1.165) is 63.3 Å². The third-order valence-electron chi connectivity index (χ3n) is 6.66. The molecule has 0 aliphatic carbocycles. The Morgan fingerprint density at radius 2 is 1.71 bits per heavy atom. The summed E-state index contributed by atoms with van der Waals surface area (Å²) in [5.74, 6) is -3.85. The summed E-state index contributed by atoms with van der Waals surface area (Å²) in [5, 5.41) is 5.06. The molecule has 0 saturated carbocycles. The van der Waals surface area contributed by atoms with Gasteiger partial charge in [-0.05, 0) is 49.2 Å². The summed E-state index contributed by atoms with van der Waals surface area (Å²) in [5.41, 5.74) is 3.67. The molecule has 0 spiro atoms. The number of carbonyl (C=O) groups excluding carboxylic acids is 2. The molecule has 2 amide bonds. The number of benzene rings is 2. The molecule has 4 rings (SSSR count). The van der Waals surface area contributed by atoms with Gasteiger partial charge < -0.3 is 20.4 Å². The van der Waals surface area contributed by atoms with Gasteiger partial charge in [0.05, 0.1) is 6.04 Å². The number of hydrogen-bond donors (Lipinski definition) is 2. The molecule has 34 heavy (non-hydrogen) atoms. The highest BCUT2D eigenvalue weighted by Gasteiger charge is 2.27. The van der Waals surface area contributed by atoms with Crippen LogP contribution < -0.4 is 15.5 Å². The molecule has 1 saturated heterocycles. The minimum atomic E-state index is -1.09. The van der Waals surface area contributed by atoms with Crippen LogP contribution in [0.1, 0.15) is 23.6 Å². The number of nitrogens with zero attached hydrogens (tertiary/aromatic N) is 3. The first kappa shape index (κ1) is 24.1. The molecular weight excluding hydrogens is 440 g/mol. The summed E-state index contributed by atoms with van der Waals surface area (Å²) >= 11 is 0. The van der Waals surface area contributed by atoms with Crippen LogP contribution in [0.4, 0.5) is 20.2 Å². The number of hydrogen-bond acceptors (Lipinski definition) is 5. The second-order valence-electron chi connectivity index (χ2n) is 9.06. The van der Waals surface area contributed by atoms with Crippen molar-refractivity contribution in [1.29, 1.82) is 0 Å². The first-order valence-electron chi connectivity index (χ1n) is 11.6. The number of halogens is 2. The topological polar surface area (TPSA) is 67.9 Å². The highest BCUT2D eigenvalue weighted by atomic mass is 19.2. The Bertz CT molecular complexity index is 1060. The van der Waals surface area contributed by atoms with Crippen LogP contribution in [-0.4, -0.2) is 75.0 Å². The summed E-state index contributed by atoms with van der Waals surface area (Å²) in [4.78, 5) is 31.7. The van der Waals surface area contributed by atoms with Crippen molar-refractivity contribution in [3.8, 4) is 0 Å². The van der Waals surface area contributed by atoms with Crippen molar-refractivity contribution in [2.75, 3.05) is 63.6 Å². The van der Waals surface area contributed by atoms with E-state index in [1.165, 1.54) is 17.3 Å². The van der Waals surface area contributed by atoms with Crippen molar-refractivity contribution < 1.29 is 18.4 Å². The van der Waals surface area contributed by atoms with Gasteiger partial charge in [0, 0.05) is 63.8 Å². The van der Waals surface area contributed by atoms with Crippen LogP contribution >= 0.6 is 0 Å². The van der Waals surface area contributed by atoms with Gasteiger partial charge >= 0.3 is 11.8 Å².